The topological polar surface area (TPSA) is 47.2 Å². The fraction of sp³-hybridized carbons (Fsp3) is 0.467. The maximum absolute atomic E-state index is 4.82. The molecular weight excluding hydrogens is 282 g/mol. The van der Waals surface area contributed by atoms with Crippen LogP contribution in [0.15, 0.2) is 24.0 Å². The molecule has 3 aromatic rings. The van der Waals surface area contributed by atoms with Gasteiger partial charge in [0, 0.05) is 43.0 Å². The first-order valence-electron chi connectivity index (χ1n) is 7.57. The SMILES string of the molecule is CCCc1nccn1-c1nc2sccn2c1CNC1CC1. The zero-order chi connectivity index (χ0) is 14.2. The largest absolute Gasteiger partial charge is 0.308 e. The molecule has 0 aliphatic heterocycles. The van der Waals surface area contributed by atoms with Gasteiger partial charge in [0.05, 0.1) is 5.69 Å². The number of rotatable bonds is 6. The van der Waals surface area contributed by atoms with Crippen LogP contribution in [0.2, 0.25) is 0 Å². The molecule has 0 aromatic carbocycles. The van der Waals surface area contributed by atoms with Crippen molar-refractivity contribution in [2.24, 2.45) is 0 Å². The van der Waals surface area contributed by atoms with Crippen molar-refractivity contribution in [1.82, 2.24) is 24.3 Å². The first-order chi connectivity index (χ1) is 10.4. The lowest BCUT2D eigenvalue weighted by molar-refractivity contribution is 0.664. The lowest BCUT2D eigenvalue weighted by Crippen LogP contribution is -2.18. The van der Waals surface area contributed by atoms with E-state index in [1.165, 1.54) is 18.5 Å². The molecule has 3 heterocycles. The first kappa shape index (κ1) is 13.0. The van der Waals surface area contributed by atoms with Crippen LogP contribution < -0.4 is 5.32 Å². The van der Waals surface area contributed by atoms with Gasteiger partial charge in [-0.1, -0.05) is 6.92 Å². The molecule has 1 aliphatic carbocycles. The summed E-state index contributed by atoms with van der Waals surface area (Å²) in [5, 5.41) is 5.70. The maximum atomic E-state index is 4.82. The highest BCUT2D eigenvalue weighted by atomic mass is 32.1. The molecule has 0 atom stereocenters. The summed E-state index contributed by atoms with van der Waals surface area (Å²) in [4.78, 5) is 10.4. The number of hydrogen-bond acceptors (Lipinski definition) is 4. The minimum Gasteiger partial charge on any atom is -0.308 e. The lowest BCUT2D eigenvalue weighted by Gasteiger charge is -2.08. The van der Waals surface area contributed by atoms with Gasteiger partial charge in [0.2, 0.25) is 0 Å². The van der Waals surface area contributed by atoms with Gasteiger partial charge in [-0.05, 0) is 19.3 Å². The Hall–Kier alpha value is -1.66. The number of thiazole rings is 1. The fourth-order valence-corrected chi connectivity index (χ4v) is 3.37. The zero-order valence-corrected chi connectivity index (χ0v) is 12.9. The van der Waals surface area contributed by atoms with Crippen LogP contribution in [0.25, 0.3) is 10.8 Å². The van der Waals surface area contributed by atoms with Crippen molar-refractivity contribution in [2.75, 3.05) is 0 Å². The van der Waals surface area contributed by atoms with E-state index in [2.05, 4.69) is 37.8 Å². The number of nitrogens with one attached hydrogen (secondary N) is 1. The van der Waals surface area contributed by atoms with Crippen LogP contribution >= 0.6 is 11.3 Å². The number of imidazole rings is 2. The van der Waals surface area contributed by atoms with Crippen LogP contribution in [0.1, 0.15) is 37.7 Å². The van der Waals surface area contributed by atoms with Gasteiger partial charge in [-0.15, -0.1) is 11.3 Å². The molecule has 4 rings (SSSR count). The summed E-state index contributed by atoms with van der Waals surface area (Å²) in [6.07, 6.45) is 10.7. The van der Waals surface area contributed by atoms with Crippen molar-refractivity contribution in [3.8, 4) is 5.82 Å². The Bertz CT molecular complexity index is 749. The smallest absolute Gasteiger partial charge is 0.195 e. The monoisotopic (exact) mass is 301 g/mol. The van der Waals surface area contributed by atoms with Crippen molar-refractivity contribution >= 4 is 16.3 Å². The van der Waals surface area contributed by atoms with Gasteiger partial charge in [0.15, 0.2) is 10.8 Å². The van der Waals surface area contributed by atoms with Crippen LogP contribution in [0.5, 0.6) is 0 Å². The fourth-order valence-electron chi connectivity index (χ4n) is 2.64. The number of aromatic nitrogens is 4. The Kier molecular flexibility index (Phi) is 3.27. The number of hydrogen-bond donors (Lipinski definition) is 1. The molecule has 110 valence electrons. The molecule has 1 fully saturated rings. The Morgan fingerprint density at radius 2 is 2.29 bits per heavy atom. The standard InChI is InChI=1S/C15H19N5S/c1-2-3-13-16-6-7-20(13)14-12(10-17-11-4-5-11)19-8-9-21-15(19)18-14/h6-9,11,17H,2-5,10H2,1H3. The normalized spacial score (nSPS) is 15.1. The van der Waals surface area contributed by atoms with Gasteiger partial charge in [-0.2, -0.15) is 0 Å². The molecule has 1 saturated carbocycles. The first-order valence-corrected chi connectivity index (χ1v) is 8.45. The van der Waals surface area contributed by atoms with Gasteiger partial charge >= 0.3 is 0 Å². The van der Waals surface area contributed by atoms with Crippen molar-refractivity contribution in [1.29, 1.82) is 0 Å². The Morgan fingerprint density at radius 3 is 3.10 bits per heavy atom. The number of aryl methyl sites for hydroxylation is 1. The second-order valence-corrected chi connectivity index (χ2v) is 6.43. The van der Waals surface area contributed by atoms with Crippen molar-refractivity contribution < 1.29 is 0 Å². The van der Waals surface area contributed by atoms with E-state index in [9.17, 15) is 0 Å². The molecule has 0 spiro atoms. The van der Waals surface area contributed by atoms with Gasteiger partial charge in [-0.3, -0.25) is 8.97 Å². The number of fused-ring (bicyclic) bond motifs is 1. The molecule has 0 radical (unpaired) electrons. The summed E-state index contributed by atoms with van der Waals surface area (Å²) in [7, 11) is 0. The minimum atomic E-state index is 0.694. The predicted octanol–water partition coefficient (Wildman–Crippen LogP) is 2.79. The van der Waals surface area contributed by atoms with E-state index in [0.717, 1.165) is 36.0 Å². The van der Waals surface area contributed by atoms with Crippen LogP contribution in [0.4, 0.5) is 0 Å². The Labute approximate surface area is 127 Å². The lowest BCUT2D eigenvalue weighted by atomic mass is 10.3. The van der Waals surface area contributed by atoms with Crippen LogP contribution in [0.3, 0.4) is 0 Å². The highest BCUT2D eigenvalue weighted by Gasteiger charge is 2.23. The number of nitrogens with zero attached hydrogens (tertiary/aromatic N) is 4. The molecule has 1 N–H and O–H groups in total. The summed E-state index contributed by atoms with van der Waals surface area (Å²) in [6.45, 7) is 3.04. The molecule has 1 aliphatic rings. The summed E-state index contributed by atoms with van der Waals surface area (Å²) < 4.78 is 4.35. The van der Waals surface area contributed by atoms with Gasteiger partial charge in [-0.25, -0.2) is 9.97 Å². The van der Waals surface area contributed by atoms with Crippen LogP contribution in [-0.4, -0.2) is 25.0 Å². The van der Waals surface area contributed by atoms with E-state index in [4.69, 9.17) is 4.98 Å². The van der Waals surface area contributed by atoms with E-state index in [0.29, 0.717) is 6.04 Å². The second-order valence-electron chi connectivity index (χ2n) is 5.56. The van der Waals surface area contributed by atoms with Crippen molar-refractivity contribution in [3.63, 3.8) is 0 Å². The van der Waals surface area contributed by atoms with E-state index >= 15 is 0 Å². The average Bonchev–Trinajstić information content (AvgIpc) is 2.87. The van der Waals surface area contributed by atoms with E-state index < -0.39 is 0 Å². The van der Waals surface area contributed by atoms with Gasteiger partial charge in [0.1, 0.15) is 5.82 Å². The molecule has 21 heavy (non-hydrogen) atoms. The highest BCUT2D eigenvalue weighted by molar-refractivity contribution is 7.15. The molecule has 0 bridgehead atoms. The van der Waals surface area contributed by atoms with Gasteiger partial charge in [0.25, 0.3) is 0 Å². The van der Waals surface area contributed by atoms with E-state index in [1.807, 2.05) is 12.4 Å². The summed E-state index contributed by atoms with van der Waals surface area (Å²) in [5.74, 6) is 2.12. The molecule has 0 saturated heterocycles. The Morgan fingerprint density at radius 1 is 1.38 bits per heavy atom. The second kappa shape index (κ2) is 5.27. The highest BCUT2D eigenvalue weighted by Crippen LogP contribution is 2.24. The van der Waals surface area contributed by atoms with E-state index in [1.54, 1.807) is 11.3 Å². The third kappa shape index (κ3) is 2.38. The maximum Gasteiger partial charge on any atom is 0.195 e. The van der Waals surface area contributed by atoms with Crippen molar-refractivity contribution in [3.05, 3.63) is 35.5 Å². The van der Waals surface area contributed by atoms with Crippen LogP contribution in [-0.2, 0) is 13.0 Å². The summed E-state index contributed by atoms with van der Waals surface area (Å²) in [5.41, 5.74) is 1.23. The average molecular weight is 301 g/mol. The summed E-state index contributed by atoms with van der Waals surface area (Å²) >= 11 is 1.68. The minimum absolute atomic E-state index is 0.694. The zero-order valence-electron chi connectivity index (χ0n) is 12.1. The Balaban J connectivity index is 1.76. The van der Waals surface area contributed by atoms with Crippen LogP contribution in [0, 0.1) is 0 Å². The molecule has 5 nitrogen and oxygen atoms in total. The van der Waals surface area contributed by atoms with Crippen molar-refractivity contribution in [2.45, 2.75) is 45.2 Å². The summed E-state index contributed by atoms with van der Waals surface area (Å²) in [6, 6.07) is 0.694. The predicted molar refractivity (Wildman–Crippen MR) is 84.0 cm³/mol. The molecule has 3 aromatic heterocycles. The molecular formula is C15H19N5S. The van der Waals surface area contributed by atoms with Gasteiger partial charge < -0.3 is 5.32 Å². The van der Waals surface area contributed by atoms with E-state index in [-0.39, 0.29) is 0 Å². The molecule has 6 heteroatoms. The molecule has 0 unspecified atom stereocenters. The third-order valence-electron chi connectivity index (χ3n) is 3.89. The molecule has 0 amide bonds. The quantitative estimate of drug-likeness (QED) is 0.761. The third-order valence-corrected chi connectivity index (χ3v) is 4.65.